The Bertz CT molecular complexity index is 743. The van der Waals surface area contributed by atoms with Gasteiger partial charge in [0, 0.05) is 16.6 Å². The van der Waals surface area contributed by atoms with Crippen LogP contribution in [0.15, 0.2) is 29.3 Å². The van der Waals surface area contributed by atoms with Crippen molar-refractivity contribution in [3.05, 3.63) is 41.2 Å². The lowest BCUT2D eigenvalue weighted by Gasteiger charge is -2.24. The van der Waals surface area contributed by atoms with E-state index in [0.717, 1.165) is 17.9 Å². The molecule has 2 aromatic rings. The van der Waals surface area contributed by atoms with E-state index in [1.807, 2.05) is 18.2 Å². The molecule has 1 unspecified atom stereocenters. The third-order valence-electron chi connectivity index (χ3n) is 3.64. The Morgan fingerprint density at radius 1 is 1.27 bits per heavy atom. The molecule has 1 atom stereocenters. The van der Waals surface area contributed by atoms with Crippen molar-refractivity contribution in [2.24, 2.45) is 0 Å². The molecule has 112 valence electrons. The third-order valence-corrected chi connectivity index (χ3v) is 4.90. The largest absolute Gasteiger partial charge is 0.477 e. The molecule has 0 radical (unpaired) electrons. The van der Waals surface area contributed by atoms with E-state index in [4.69, 9.17) is 14.7 Å². The van der Waals surface area contributed by atoms with Gasteiger partial charge in [-0.25, -0.2) is 9.97 Å². The first-order valence-electron chi connectivity index (χ1n) is 6.86. The Morgan fingerprint density at radius 2 is 2.09 bits per heavy atom. The standard InChI is InChI=1S/C16H15N3O2S/c1-20-15-16(21-2)19-13(8-18-15)12-6-11-4-3-10(7-17)5-14(11)22-9-12/h3-5,8,12H,6,9H2,1-2H3. The summed E-state index contributed by atoms with van der Waals surface area (Å²) in [6.07, 6.45) is 2.64. The lowest BCUT2D eigenvalue weighted by atomic mass is 9.97. The van der Waals surface area contributed by atoms with E-state index in [9.17, 15) is 0 Å². The fraction of sp³-hybridized carbons (Fsp3) is 0.312. The minimum absolute atomic E-state index is 0.276. The van der Waals surface area contributed by atoms with Crippen LogP contribution >= 0.6 is 11.8 Å². The number of fused-ring (bicyclic) bond motifs is 1. The zero-order valence-electron chi connectivity index (χ0n) is 12.4. The molecule has 1 aromatic heterocycles. The molecular weight excluding hydrogens is 298 g/mol. The van der Waals surface area contributed by atoms with Crippen LogP contribution in [0.2, 0.25) is 0 Å². The topological polar surface area (TPSA) is 68.0 Å². The highest BCUT2D eigenvalue weighted by atomic mass is 32.2. The number of nitriles is 1. The Hall–Kier alpha value is -2.26. The van der Waals surface area contributed by atoms with Crippen LogP contribution < -0.4 is 9.47 Å². The lowest BCUT2D eigenvalue weighted by molar-refractivity contribution is 0.329. The predicted octanol–water partition coefficient (Wildman–Crippen LogP) is 2.80. The predicted molar refractivity (Wildman–Crippen MR) is 83.5 cm³/mol. The van der Waals surface area contributed by atoms with Crippen molar-refractivity contribution in [3.63, 3.8) is 0 Å². The highest BCUT2D eigenvalue weighted by molar-refractivity contribution is 7.99. The van der Waals surface area contributed by atoms with Gasteiger partial charge in [0.25, 0.3) is 11.8 Å². The second kappa shape index (κ2) is 6.24. The molecule has 0 bridgehead atoms. The van der Waals surface area contributed by atoms with Gasteiger partial charge in [-0.2, -0.15) is 5.26 Å². The van der Waals surface area contributed by atoms with Gasteiger partial charge in [0.1, 0.15) is 0 Å². The molecule has 5 nitrogen and oxygen atoms in total. The number of ether oxygens (including phenoxy) is 2. The van der Waals surface area contributed by atoms with E-state index in [-0.39, 0.29) is 5.92 Å². The molecule has 2 heterocycles. The van der Waals surface area contributed by atoms with E-state index in [1.54, 1.807) is 32.2 Å². The summed E-state index contributed by atoms with van der Waals surface area (Å²) in [5.41, 5.74) is 2.85. The van der Waals surface area contributed by atoms with Gasteiger partial charge in [0.2, 0.25) is 0 Å². The van der Waals surface area contributed by atoms with Gasteiger partial charge < -0.3 is 9.47 Å². The Morgan fingerprint density at radius 3 is 2.82 bits per heavy atom. The van der Waals surface area contributed by atoms with Crippen LogP contribution in [0, 0.1) is 11.3 Å². The molecule has 0 saturated heterocycles. The molecule has 0 aliphatic carbocycles. The normalized spacial score (nSPS) is 16.5. The molecule has 1 aromatic carbocycles. The molecule has 0 fully saturated rings. The summed E-state index contributed by atoms with van der Waals surface area (Å²) >= 11 is 1.75. The smallest absolute Gasteiger partial charge is 0.278 e. The summed E-state index contributed by atoms with van der Waals surface area (Å²) in [5, 5.41) is 8.97. The van der Waals surface area contributed by atoms with Gasteiger partial charge in [0.15, 0.2) is 0 Å². The van der Waals surface area contributed by atoms with E-state index in [2.05, 4.69) is 16.0 Å². The first kappa shape index (κ1) is 14.7. The third kappa shape index (κ3) is 2.72. The highest BCUT2D eigenvalue weighted by Gasteiger charge is 2.23. The van der Waals surface area contributed by atoms with Crippen LogP contribution in [0.4, 0.5) is 0 Å². The molecule has 0 saturated carbocycles. The van der Waals surface area contributed by atoms with Crippen LogP contribution in [0.25, 0.3) is 0 Å². The second-order valence-electron chi connectivity index (χ2n) is 4.96. The molecule has 0 spiro atoms. The van der Waals surface area contributed by atoms with Crippen molar-refractivity contribution in [1.29, 1.82) is 5.26 Å². The van der Waals surface area contributed by atoms with E-state index in [0.29, 0.717) is 17.3 Å². The summed E-state index contributed by atoms with van der Waals surface area (Å²) in [5.74, 6) is 1.99. The molecule has 3 rings (SSSR count). The summed E-state index contributed by atoms with van der Waals surface area (Å²) in [6, 6.07) is 8.03. The van der Waals surface area contributed by atoms with Crippen molar-refractivity contribution in [1.82, 2.24) is 9.97 Å². The first-order chi connectivity index (χ1) is 10.7. The maximum atomic E-state index is 8.97. The number of methoxy groups -OCH3 is 2. The van der Waals surface area contributed by atoms with Crippen molar-refractivity contribution < 1.29 is 9.47 Å². The van der Waals surface area contributed by atoms with Crippen LogP contribution in [0.3, 0.4) is 0 Å². The number of hydrogen-bond donors (Lipinski definition) is 0. The number of hydrogen-bond acceptors (Lipinski definition) is 6. The van der Waals surface area contributed by atoms with Gasteiger partial charge >= 0.3 is 0 Å². The molecule has 22 heavy (non-hydrogen) atoms. The average molecular weight is 313 g/mol. The zero-order valence-corrected chi connectivity index (χ0v) is 13.2. The maximum Gasteiger partial charge on any atom is 0.278 e. The van der Waals surface area contributed by atoms with Gasteiger partial charge in [-0.05, 0) is 24.1 Å². The fourth-order valence-electron chi connectivity index (χ4n) is 2.48. The van der Waals surface area contributed by atoms with Crippen molar-refractivity contribution in [3.8, 4) is 17.8 Å². The van der Waals surface area contributed by atoms with Crippen molar-refractivity contribution in [2.75, 3.05) is 20.0 Å². The van der Waals surface area contributed by atoms with Crippen molar-refractivity contribution in [2.45, 2.75) is 17.2 Å². The van der Waals surface area contributed by atoms with Crippen LogP contribution in [-0.2, 0) is 6.42 Å². The van der Waals surface area contributed by atoms with Crippen LogP contribution in [0.5, 0.6) is 11.8 Å². The van der Waals surface area contributed by atoms with Gasteiger partial charge in [-0.1, -0.05) is 6.07 Å². The Balaban J connectivity index is 1.87. The van der Waals surface area contributed by atoms with E-state index >= 15 is 0 Å². The quantitative estimate of drug-likeness (QED) is 0.868. The Labute approximate surface area is 133 Å². The second-order valence-corrected chi connectivity index (χ2v) is 6.02. The first-order valence-corrected chi connectivity index (χ1v) is 7.84. The van der Waals surface area contributed by atoms with Crippen LogP contribution in [0.1, 0.15) is 22.7 Å². The zero-order chi connectivity index (χ0) is 15.5. The number of aromatic nitrogens is 2. The van der Waals surface area contributed by atoms with Crippen LogP contribution in [-0.4, -0.2) is 29.9 Å². The summed E-state index contributed by atoms with van der Waals surface area (Å²) in [4.78, 5) is 9.97. The molecule has 1 aliphatic heterocycles. The summed E-state index contributed by atoms with van der Waals surface area (Å²) in [6.45, 7) is 0. The minimum Gasteiger partial charge on any atom is -0.477 e. The monoisotopic (exact) mass is 313 g/mol. The molecule has 1 aliphatic rings. The summed E-state index contributed by atoms with van der Waals surface area (Å²) < 4.78 is 10.4. The average Bonchev–Trinajstić information content (AvgIpc) is 2.60. The number of nitrogens with zero attached hydrogens (tertiary/aromatic N) is 3. The highest BCUT2D eigenvalue weighted by Crippen LogP contribution is 2.38. The van der Waals surface area contributed by atoms with Gasteiger partial charge in [-0.3, -0.25) is 0 Å². The number of thioether (sulfide) groups is 1. The van der Waals surface area contributed by atoms with Crippen molar-refractivity contribution >= 4 is 11.8 Å². The van der Waals surface area contributed by atoms with E-state index in [1.165, 1.54) is 10.5 Å². The lowest BCUT2D eigenvalue weighted by Crippen LogP contribution is -2.14. The minimum atomic E-state index is 0.276. The van der Waals surface area contributed by atoms with Gasteiger partial charge in [0.05, 0.1) is 37.7 Å². The summed E-state index contributed by atoms with van der Waals surface area (Å²) in [7, 11) is 3.11. The Kier molecular flexibility index (Phi) is 4.16. The van der Waals surface area contributed by atoms with E-state index < -0.39 is 0 Å². The number of benzene rings is 1. The van der Waals surface area contributed by atoms with Gasteiger partial charge in [-0.15, -0.1) is 11.8 Å². The maximum absolute atomic E-state index is 8.97. The SMILES string of the molecule is COc1ncc(C2CSc3cc(C#N)ccc3C2)nc1OC. The number of rotatable bonds is 3. The molecule has 6 heteroatoms. The molecule has 0 N–H and O–H groups in total. The fourth-order valence-corrected chi connectivity index (χ4v) is 3.69. The molecule has 0 amide bonds. The molecular formula is C16H15N3O2S.